The summed E-state index contributed by atoms with van der Waals surface area (Å²) in [4.78, 5) is 14.4. The van der Waals surface area contributed by atoms with Crippen LogP contribution in [-0.2, 0) is 6.54 Å². The lowest BCUT2D eigenvalue weighted by atomic mass is 10.2. The van der Waals surface area contributed by atoms with Gasteiger partial charge in [-0.2, -0.15) is 0 Å². The summed E-state index contributed by atoms with van der Waals surface area (Å²) >= 11 is 0. The van der Waals surface area contributed by atoms with Crippen LogP contribution in [0.15, 0.2) is 36.7 Å². The van der Waals surface area contributed by atoms with E-state index in [4.69, 9.17) is 4.74 Å². The Morgan fingerprint density at radius 3 is 2.81 bits per heavy atom. The molecule has 6 nitrogen and oxygen atoms in total. The number of hydrogen-bond acceptors (Lipinski definition) is 5. The van der Waals surface area contributed by atoms with Crippen LogP contribution in [-0.4, -0.2) is 16.5 Å². The zero-order valence-electron chi connectivity index (χ0n) is 12.0. The van der Waals surface area contributed by atoms with Gasteiger partial charge in [-0.25, -0.2) is 0 Å². The Kier molecular flexibility index (Phi) is 4.84. The van der Waals surface area contributed by atoms with Gasteiger partial charge in [0.25, 0.3) is 5.69 Å². The third-order valence-electron chi connectivity index (χ3n) is 2.95. The highest BCUT2D eigenvalue weighted by molar-refractivity contribution is 5.44. The van der Waals surface area contributed by atoms with Crippen LogP contribution in [0.25, 0.3) is 0 Å². The predicted molar refractivity (Wildman–Crippen MR) is 79.5 cm³/mol. The van der Waals surface area contributed by atoms with Crippen molar-refractivity contribution in [3.63, 3.8) is 0 Å². The average Bonchev–Trinajstić information content (AvgIpc) is 2.47. The van der Waals surface area contributed by atoms with Crippen molar-refractivity contribution in [3.8, 4) is 11.5 Å². The summed E-state index contributed by atoms with van der Waals surface area (Å²) in [5.74, 6) is 1.20. The lowest BCUT2D eigenvalue weighted by molar-refractivity contribution is -0.384. The lowest BCUT2D eigenvalue weighted by Crippen LogP contribution is -2.11. The van der Waals surface area contributed by atoms with Crippen LogP contribution in [0.2, 0.25) is 0 Å². The van der Waals surface area contributed by atoms with E-state index in [2.05, 4.69) is 10.3 Å². The van der Waals surface area contributed by atoms with Crippen LogP contribution >= 0.6 is 0 Å². The van der Waals surface area contributed by atoms with Crippen molar-refractivity contribution < 1.29 is 9.66 Å². The summed E-state index contributed by atoms with van der Waals surface area (Å²) in [6, 6.07) is 6.42. The van der Waals surface area contributed by atoms with E-state index in [0.29, 0.717) is 17.1 Å². The smallest absolute Gasteiger partial charge is 0.269 e. The molecule has 0 unspecified atom stereocenters. The van der Waals surface area contributed by atoms with Gasteiger partial charge < -0.3 is 10.1 Å². The fraction of sp³-hybridized carbons (Fsp3) is 0.267. The van der Waals surface area contributed by atoms with Crippen molar-refractivity contribution in [1.82, 2.24) is 10.3 Å². The minimum atomic E-state index is -0.421. The highest BCUT2D eigenvalue weighted by Gasteiger charge is 2.09. The number of nitro groups is 1. The minimum Gasteiger partial charge on any atom is -0.455 e. The second-order valence-electron chi connectivity index (χ2n) is 4.62. The largest absolute Gasteiger partial charge is 0.455 e. The molecule has 0 atom stereocenters. The van der Waals surface area contributed by atoms with E-state index in [-0.39, 0.29) is 5.69 Å². The van der Waals surface area contributed by atoms with Crippen LogP contribution in [0.3, 0.4) is 0 Å². The Morgan fingerprint density at radius 2 is 2.14 bits per heavy atom. The number of nitro benzene ring substituents is 1. The van der Waals surface area contributed by atoms with E-state index in [0.717, 1.165) is 18.7 Å². The Balaban J connectivity index is 2.16. The quantitative estimate of drug-likeness (QED) is 0.652. The maximum atomic E-state index is 10.7. The third kappa shape index (κ3) is 4.00. The van der Waals surface area contributed by atoms with E-state index in [1.54, 1.807) is 25.4 Å². The van der Waals surface area contributed by atoms with Gasteiger partial charge in [0, 0.05) is 24.9 Å². The standard InChI is InChI=1S/C15H17N3O3/c1-3-16-8-12-7-14(10-17-9-12)21-15-5-4-13(18(19)20)6-11(15)2/h4-7,9-10,16H,3,8H2,1-2H3. The number of nitrogens with zero attached hydrogens (tertiary/aromatic N) is 2. The molecular formula is C15H17N3O3. The van der Waals surface area contributed by atoms with Gasteiger partial charge in [0.15, 0.2) is 0 Å². The minimum absolute atomic E-state index is 0.0545. The van der Waals surface area contributed by atoms with Gasteiger partial charge in [0.05, 0.1) is 11.1 Å². The second kappa shape index (κ2) is 6.81. The lowest BCUT2D eigenvalue weighted by Gasteiger charge is -2.09. The van der Waals surface area contributed by atoms with E-state index < -0.39 is 4.92 Å². The molecule has 2 aromatic rings. The molecule has 1 heterocycles. The number of nitrogens with one attached hydrogen (secondary N) is 1. The van der Waals surface area contributed by atoms with Crippen molar-refractivity contribution >= 4 is 5.69 Å². The third-order valence-corrected chi connectivity index (χ3v) is 2.95. The molecule has 1 aromatic heterocycles. The fourth-order valence-electron chi connectivity index (χ4n) is 1.87. The number of pyridine rings is 1. The predicted octanol–water partition coefficient (Wildman–Crippen LogP) is 3.20. The first-order chi connectivity index (χ1) is 10.1. The average molecular weight is 287 g/mol. The van der Waals surface area contributed by atoms with Crippen molar-refractivity contribution in [3.05, 3.63) is 57.9 Å². The Morgan fingerprint density at radius 1 is 1.33 bits per heavy atom. The number of benzene rings is 1. The molecule has 0 spiro atoms. The van der Waals surface area contributed by atoms with Crippen molar-refractivity contribution in [2.24, 2.45) is 0 Å². The molecule has 6 heteroatoms. The molecule has 0 aliphatic rings. The van der Waals surface area contributed by atoms with E-state index in [9.17, 15) is 10.1 Å². The Bertz CT molecular complexity index is 644. The number of rotatable bonds is 6. The number of hydrogen-bond donors (Lipinski definition) is 1. The van der Waals surface area contributed by atoms with Crippen LogP contribution in [0.1, 0.15) is 18.1 Å². The van der Waals surface area contributed by atoms with Gasteiger partial charge in [0.1, 0.15) is 11.5 Å². The molecule has 0 aliphatic carbocycles. The molecule has 0 saturated heterocycles. The highest BCUT2D eigenvalue weighted by Crippen LogP contribution is 2.28. The summed E-state index contributed by atoms with van der Waals surface area (Å²) in [7, 11) is 0. The molecule has 0 saturated carbocycles. The normalized spacial score (nSPS) is 10.4. The first kappa shape index (κ1) is 14.9. The number of aromatic nitrogens is 1. The van der Waals surface area contributed by atoms with Gasteiger partial charge in [0.2, 0.25) is 0 Å². The SMILES string of the molecule is CCNCc1cncc(Oc2ccc([N+](=O)[O-])cc2C)c1. The van der Waals surface area contributed by atoms with Crippen LogP contribution in [0.5, 0.6) is 11.5 Å². The highest BCUT2D eigenvalue weighted by atomic mass is 16.6. The molecule has 0 radical (unpaired) electrons. The Labute approximate surface area is 122 Å². The van der Waals surface area contributed by atoms with Gasteiger partial charge in [-0.15, -0.1) is 0 Å². The fourth-order valence-corrected chi connectivity index (χ4v) is 1.87. The van der Waals surface area contributed by atoms with Crippen molar-refractivity contribution in [1.29, 1.82) is 0 Å². The molecule has 0 amide bonds. The van der Waals surface area contributed by atoms with Crippen molar-refractivity contribution in [2.75, 3.05) is 6.54 Å². The van der Waals surface area contributed by atoms with Crippen LogP contribution < -0.4 is 10.1 Å². The molecule has 110 valence electrons. The Hall–Kier alpha value is -2.47. The first-order valence-electron chi connectivity index (χ1n) is 6.67. The zero-order chi connectivity index (χ0) is 15.2. The molecule has 21 heavy (non-hydrogen) atoms. The van der Waals surface area contributed by atoms with E-state index in [1.165, 1.54) is 12.1 Å². The molecule has 0 fully saturated rings. The van der Waals surface area contributed by atoms with Gasteiger partial charge in [-0.1, -0.05) is 6.92 Å². The molecule has 0 aliphatic heterocycles. The molecule has 1 aromatic carbocycles. The molecule has 2 rings (SSSR count). The molecule has 1 N–H and O–H groups in total. The molecular weight excluding hydrogens is 270 g/mol. The summed E-state index contributed by atoms with van der Waals surface area (Å²) in [6.07, 6.45) is 3.40. The second-order valence-corrected chi connectivity index (χ2v) is 4.62. The maximum absolute atomic E-state index is 10.7. The number of aryl methyl sites for hydroxylation is 1. The zero-order valence-corrected chi connectivity index (χ0v) is 12.0. The van der Waals surface area contributed by atoms with Crippen LogP contribution in [0, 0.1) is 17.0 Å². The topological polar surface area (TPSA) is 77.3 Å². The summed E-state index contributed by atoms with van der Waals surface area (Å²) in [5.41, 5.74) is 1.79. The van der Waals surface area contributed by atoms with Gasteiger partial charge in [-0.3, -0.25) is 15.1 Å². The monoisotopic (exact) mass is 287 g/mol. The van der Waals surface area contributed by atoms with Gasteiger partial charge >= 0.3 is 0 Å². The summed E-state index contributed by atoms with van der Waals surface area (Å²) in [5, 5.41) is 13.9. The van der Waals surface area contributed by atoms with Gasteiger partial charge in [-0.05, 0) is 36.7 Å². The number of ether oxygens (including phenoxy) is 1. The summed E-state index contributed by atoms with van der Waals surface area (Å²) < 4.78 is 5.75. The van der Waals surface area contributed by atoms with E-state index in [1.807, 2.05) is 13.0 Å². The van der Waals surface area contributed by atoms with Crippen LogP contribution in [0.4, 0.5) is 5.69 Å². The van der Waals surface area contributed by atoms with E-state index >= 15 is 0 Å². The first-order valence-corrected chi connectivity index (χ1v) is 6.67. The maximum Gasteiger partial charge on any atom is 0.269 e. The number of non-ortho nitro benzene ring substituents is 1. The van der Waals surface area contributed by atoms with Crippen molar-refractivity contribution in [2.45, 2.75) is 20.4 Å². The summed E-state index contributed by atoms with van der Waals surface area (Å²) in [6.45, 7) is 5.42. The molecule has 0 bridgehead atoms.